The molecule has 156 valence electrons. The van der Waals surface area contributed by atoms with Crippen LogP contribution in [0.5, 0.6) is 0 Å². The lowest BCUT2D eigenvalue weighted by atomic mass is 10.0. The van der Waals surface area contributed by atoms with Crippen molar-refractivity contribution in [2.75, 3.05) is 19.6 Å². The Morgan fingerprint density at radius 3 is 1.66 bits per heavy atom. The Morgan fingerprint density at radius 1 is 0.655 bits per heavy atom. The van der Waals surface area contributed by atoms with Crippen molar-refractivity contribution in [3.63, 3.8) is 0 Å². The van der Waals surface area contributed by atoms with Crippen molar-refractivity contribution in [2.24, 2.45) is 5.92 Å². The maximum Gasteiger partial charge on any atom is 0.0169 e. The lowest BCUT2D eigenvalue weighted by Crippen LogP contribution is -2.25. The van der Waals surface area contributed by atoms with Crippen LogP contribution >= 0.6 is 0 Å². The number of nitrogens with zero attached hydrogens (tertiary/aromatic N) is 1. The van der Waals surface area contributed by atoms with E-state index in [2.05, 4.69) is 104 Å². The molecule has 2 aromatic carbocycles. The van der Waals surface area contributed by atoms with Gasteiger partial charge in [-0.2, -0.15) is 0 Å². The van der Waals surface area contributed by atoms with Crippen molar-refractivity contribution in [1.29, 1.82) is 0 Å². The van der Waals surface area contributed by atoms with Crippen molar-refractivity contribution in [1.82, 2.24) is 4.90 Å². The maximum absolute atomic E-state index is 2.55. The minimum absolute atomic E-state index is 0.846. The average molecular weight is 390 g/mol. The third-order valence-corrected chi connectivity index (χ3v) is 5.20. The van der Waals surface area contributed by atoms with Crippen LogP contribution in [-0.4, -0.2) is 24.5 Å². The molecule has 0 saturated carbocycles. The third-order valence-electron chi connectivity index (χ3n) is 5.20. The second-order valence-corrected chi connectivity index (χ2v) is 8.34. The molecule has 0 unspecified atom stereocenters. The topological polar surface area (TPSA) is 3.24 Å². The fourth-order valence-electron chi connectivity index (χ4n) is 3.48. The first-order valence-corrected chi connectivity index (χ1v) is 11.4. The van der Waals surface area contributed by atoms with Crippen LogP contribution in [0.2, 0.25) is 0 Å². The molecule has 1 heteroatoms. The molecule has 0 saturated heterocycles. The molecule has 0 aliphatic rings. The summed E-state index contributed by atoms with van der Waals surface area (Å²) in [5.74, 6) is 0.846. The molecular weight excluding hydrogens is 350 g/mol. The lowest BCUT2D eigenvalue weighted by molar-refractivity contribution is 0.324. The summed E-state index contributed by atoms with van der Waals surface area (Å²) < 4.78 is 0. The first-order valence-electron chi connectivity index (χ1n) is 11.4. The summed E-state index contributed by atoms with van der Waals surface area (Å²) in [5, 5.41) is 0. The van der Waals surface area contributed by atoms with Gasteiger partial charge in [-0.15, -0.1) is 0 Å². The molecule has 0 radical (unpaired) electrons. The maximum atomic E-state index is 2.55. The van der Waals surface area contributed by atoms with E-state index in [-0.39, 0.29) is 0 Å². The molecule has 2 aromatic rings. The molecule has 0 atom stereocenters. The van der Waals surface area contributed by atoms with Crippen LogP contribution in [0.4, 0.5) is 0 Å². The van der Waals surface area contributed by atoms with E-state index >= 15 is 0 Å². The third kappa shape index (κ3) is 11.5. The van der Waals surface area contributed by atoms with E-state index in [1.54, 1.807) is 0 Å². The van der Waals surface area contributed by atoms with E-state index in [9.17, 15) is 0 Å². The number of hydrogen-bond donors (Lipinski definition) is 0. The monoisotopic (exact) mass is 389 g/mol. The van der Waals surface area contributed by atoms with Gasteiger partial charge in [0.05, 0.1) is 0 Å². The Labute approximate surface area is 179 Å². The van der Waals surface area contributed by atoms with Crippen LogP contribution in [0.1, 0.15) is 63.5 Å². The molecule has 0 amide bonds. The average Bonchev–Trinajstić information content (AvgIpc) is 2.74. The van der Waals surface area contributed by atoms with Gasteiger partial charge in [-0.05, 0) is 30.0 Å². The first kappa shape index (κ1) is 23.2. The van der Waals surface area contributed by atoms with Gasteiger partial charge in [0, 0.05) is 13.1 Å². The zero-order valence-electron chi connectivity index (χ0n) is 18.5. The van der Waals surface area contributed by atoms with Gasteiger partial charge in [0.15, 0.2) is 0 Å². The van der Waals surface area contributed by atoms with Gasteiger partial charge in [-0.1, -0.05) is 131 Å². The van der Waals surface area contributed by atoms with Crippen molar-refractivity contribution >= 4 is 12.2 Å². The summed E-state index contributed by atoms with van der Waals surface area (Å²) in [7, 11) is 0. The van der Waals surface area contributed by atoms with Gasteiger partial charge < -0.3 is 0 Å². The molecule has 0 heterocycles. The van der Waals surface area contributed by atoms with Crippen LogP contribution in [-0.2, 0) is 0 Å². The van der Waals surface area contributed by atoms with Crippen LogP contribution in [0.15, 0.2) is 72.8 Å². The second-order valence-electron chi connectivity index (χ2n) is 8.34. The number of rotatable bonds is 14. The highest BCUT2D eigenvalue weighted by Gasteiger charge is 2.01. The molecule has 0 fully saturated rings. The number of unbranched alkanes of at least 4 members (excludes halogenated alkanes) is 4. The van der Waals surface area contributed by atoms with Gasteiger partial charge in [-0.25, -0.2) is 0 Å². The van der Waals surface area contributed by atoms with E-state index in [1.165, 1.54) is 56.2 Å². The van der Waals surface area contributed by atoms with Gasteiger partial charge in [-0.3, -0.25) is 4.90 Å². The van der Waals surface area contributed by atoms with E-state index in [0.717, 1.165) is 19.0 Å². The highest BCUT2D eigenvalue weighted by atomic mass is 15.1. The van der Waals surface area contributed by atoms with Crippen LogP contribution in [0.3, 0.4) is 0 Å². The standard InChI is InChI=1S/C28H39N/c1-26(2)16-8-4-3-5-13-23-29(24-14-21-27-17-9-6-10-18-27)25-15-22-28-19-11-7-12-20-28/h6-7,9-12,14-15,17-22,26H,3-5,8,13,16,23-25H2,1-2H3. The van der Waals surface area contributed by atoms with Crippen molar-refractivity contribution in [3.05, 3.63) is 83.9 Å². The van der Waals surface area contributed by atoms with Crippen LogP contribution in [0, 0.1) is 5.92 Å². The highest BCUT2D eigenvalue weighted by Crippen LogP contribution is 2.11. The smallest absolute Gasteiger partial charge is 0.0169 e. The lowest BCUT2D eigenvalue weighted by Gasteiger charge is -2.19. The summed E-state index contributed by atoms with van der Waals surface area (Å²) >= 11 is 0. The quantitative estimate of drug-likeness (QED) is 0.299. The number of hydrogen-bond acceptors (Lipinski definition) is 1. The molecule has 0 aliphatic heterocycles. The largest absolute Gasteiger partial charge is 0.296 e. The Kier molecular flexibility index (Phi) is 11.8. The molecule has 0 aromatic heterocycles. The van der Waals surface area contributed by atoms with Crippen molar-refractivity contribution in [2.45, 2.75) is 52.4 Å². The fourth-order valence-corrected chi connectivity index (χ4v) is 3.48. The summed E-state index contributed by atoms with van der Waals surface area (Å²) in [6, 6.07) is 21.2. The fraction of sp³-hybridized carbons (Fsp3) is 0.429. The molecule has 0 aliphatic carbocycles. The SMILES string of the molecule is CC(C)CCCCCCCN(CC=Cc1ccccc1)CC=Cc1ccccc1. The Hall–Kier alpha value is -2.12. The van der Waals surface area contributed by atoms with E-state index in [0.29, 0.717) is 0 Å². The van der Waals surface area contributed by atoms with Gasteiger partial charge >= 0.3 is 0 Å². The highest BCUT2D eigenvalue weighted by molar-refractivity contribution is 5.49. The van der Waals surface area contributed by atoms with Crippen molar-refractivity contribution in [3.8, 4) is 0 Å². The van der Waals surface area contributed by atoms with Crippen LogP contribution in [0.25, 0.3) is 12.2 Å². The Balaban J connectivity index is 1.77. The molecule has 0 N–H and O–H groups in total. The predicted molar refractivity (Wildman–Crippen MR) is 130 cm³/mol. The van der Waals surface area contributed by atoms with E-state index in [1.807, 2.05) is 0 Å². The summed E-state index contributed by atoms with van der Waals surface area (Å²) in [4.78, 5) is 2.55. The van der Waals surface area contributed by atoms with Crippen molar-refractivity contribution < 1.29 is 0 Å². The summed E-state index contributed by atoms with van der Waals surface area (Å²) in [6.07, 6.45) is 17.2. The zero-order chi connectivity index (χ0) is 20.6. The molecule has 0 bridgehead atoms. The molecule has 0 spiro atoms. The Bertz CT molecular complexity index is 633. The minimum Gasteiger partial charge on any atom is -0.296 e. The summed E-state index contributed by atoms with van der Waals surface area (Å²) in [6.45, 7) is 7.82. The molecule has 2 rings (SSSR count). The normalized spacial score (nSPS) is 12.0. The Morgan fingerprint density at radius 2 is 1.14 bits per heavy atom. The van der Waals surface area contributed by atoms with Gasteiger partial charge in [0.25, 0.3) is 0 Å². The minimum atomic E-state index is 0.846. The molecular formula is C28H39N. The van der Waals surface area contributed by atoms with Crippen LogP contribution < -0.4 is 0 Å². The molecule has 29 heavy (non-hydrogen) atoms. The predicted octanol–water partition coefficient (Wildman–Crippen LogP) is 7.71. The van der Waals surface area contributed by atoms with Gasteiger partial charge in [0.2, 0.25) is 0 Å². The van der Waals surface area contributed by atoms with Gasteiger partial charge in [0.1, 0.15) is 0 Å². The first-order chi connectivity index (χ1) is 14.2. The molecule has 1 nitrogen and oxygen atoms in total. The van der Waals surface area contributed by atoms with E-state index < -0.39 is 0 Å². The van der Waals surface area contributed by atoms with E-state index in [4.69, 9.17) is 0 Å². The zero-order valence-corrected chi connectivity index (χ0v) is 18.5. The summed E-state index contributed by atoms with van der Waals surface area (Å²) in [5.41, 5.74) is 2.55. The number of benzene rings is 2. The second kappa shape index (κ2) is 14.8.